The molecule has 0 unspecified atom stereocenters. The van der Waals surface area contributed by atoms with Crippen molar-refractivity contribution in [3.05, 3.63) is 29.0 Å². The molecule has 128 valence electrons. The van der Waals surface area contributed by atoms with E-state index in [1.165, 1.54) is 24.6 Å². The van der Waals surface area contributed by atoms with Gasteiger partial charge >= 0.3 is 0 Å². The van der Waals surface area contributed by atoms with Gasteiger partial charge in [-0.25, -0.2) is 4.39 Å². The number of hydrogen-bond donors (Lipinski definition) is 1. The zero-order chi connectivity index (χ0) is 16.8. The van der Waals surface area contributed by atoms with Crippen molar-refractivity contribution in [2.45, 2.75) is 31.7 Å². The molecule has 0 saturated carbocycles. The Hall–Kier alpha value is -1.17. The summed E-state index contributed by atoms with van der Waals surface area (Å²) < 4.78 is 13.1. The van der Waals surface area contributed by atoms with E-state index in [9.17, 15) is 9.18 Å². The topological polar surface area (TPSA) is 35.6 Å². The summed E-state index contributed by atoms with van der Waals surface area (Å²) in [7, 11) is 4.25. The number of nitrogens with zero attached hydrogens (tertiary/aromatic N) is 2. The monoisotopic (exact) mass is 341 g/mol. The standard InChI is InChI=1S/C17H25ClFN3O/c1-21(2)14-4-3-9-22(10-7-14)11-8-17(23)20-13-5-6-16(19)15(18)12-13/h5-6,12,14H,3-4,7-11H2,1-2H3,(H,20,23)/t14-/m0/s1. The summed E-state index contributed by atoms with van der Waals surface area (Å²) in [6.07, 6.45) is 3.95. The Morgan fingerprint density at radius 1 is 1.39 bits per heavy atom. The molecule has 1 atom stereocenters. The summed E-state index contributed by atoms with van der Waals surface area (Å²) in [6, 6.07) is 4.85. The third kappa shape index (κ3) is 5.75. The van der Waals surface area contributed by atoms with E-state index in [1.54, 1.807) is 0 Å². The molecule has 1 aromatic carbocycles. The summed E-state index contributed by atoms with van der Waals surface area (Å²) in [5.74, 6) is -0.550. The summed E-state index contributed by atoms with van der Waals surface area (Å²) in [5.41, 5.74) is 0.532. The van der Waals surface area contributed by atoms with Gasteiger partial charge in [0.15, 0.2) is 0 Å². The molecule has 4 nitrogen and oxygen atoms in total. The number of halogens is 2. The highest BCUT2D eigenvalue weighted by molar-refractivity contribution is 6.31. The fraction of sp³-hybridized carbons (Fsp3) is 0.588. The van der Waals surface area contributed by atoms with Crippen LogP contribution < -0.4 is 5.32 Å². The number of rotatable bonds is 5. The number of amides is 1. The smallest absolute Gasteiger partial charge is 0.225 e. The Kier molecular flexibility index (Phi) is 6.81. The van der Waals surface area contributed by atoms with E-state index in [4.69, 9.17) is 11.6 Å². The second-order valence-electron chi connectivity index (χ2n) is 6.32. The van der Waals surface area contributed by atoms with Gasteiger partial charge in [-0.2, -0.15) is 0 Å². The second kappa shape index (κ2) is 8.62. The minimum atomic E-state index is -0.482. The number of benzene rings is 1. The molecule has 1 saturated heterocycles. The highest BCUT2D eigenvalue weighted by atomic mass is 35.5. The molecule has 1 fully saturated rings. The number of likely N-dealkylation sites (tertiary alicyclic amines) is 1. The van der Waals surface area contributed by atoms with E-state index >= 15 is 0 Å². The molecular weight excluding hydrogens is 317 g/mol. The largest absolute Gasteiger partial charge is 0.326 e. The molecule has 2 rings (SSSR count). The first-order valence-electron chi connectivity index (χ1n) is 8.09. The van der Waals surface area contributed by atoms with Crippen molar-refractivity contribution in [2.75, 3.05) is 39.0 Å². The van der Waals surface area contributed by atoms with Gasteiger partial charge in [-0.3, -0.25) is 4.79 Å². The summed E-state index contributed by atoms with van der Waals surface area (Å²) >= 11 is 5.71. The van der Waals surface area contributed by atoms with Crippen molar-refractivity contribution >= 4 is 23.2 Å². The molecule has 6 heteroatoms. The summed E-state index contributed by atoms with van der Waals surface area (Å²) in [4.78, 5) is 16.7. The Bertz CT molecular complexity index is 539. The lowest BCUT2D eigenvalue weighted by Crippen LogP contribution is -2.31. The molecule has 0 spiro atoms. The maximum absolute atomic E-state index is 13.1. The van der Waals surface area contributed by atoms with Gasteiger partial charge in [-0.1, -0.05) is 11.6 Å². The third-order valence-electron chi connectivity index (χ3n) is 4.38. The normalized spacial score (nSPS) is 19.6. The first-order valence-corrected chi connectivity index (χ1v) is 8.47. The first kappa shape index (κ1) is 18.2. The molecule has 1 N–H and O–H groups in total. The molecule has 0 aromatic heterocycles. The molecular formula is C17H25ClFN3O. The second-order valence-corrected chi connectivity index (χ2v) is 6.72. The van der Waals surface area contributed by atoms with Crippen LogP contribution in [0.25, 0.3) is 0 Å². The number of nitrogens with one attached hydrogen (secondary N) is 1. The van der Waals surface area contributed by atoms with Gasteiger partial charge in [0.25, 0.3) is 0 Å². The summed E-state index contributed by atoms with van der Waals surface area (Å²) in [5, 5.41) is 2.79. The maximum Gasteiger partial charge on any atom is 0.225 e. The fourth-order valence-corrected chi connectivity index (χ4v) is 3.12. The lowest BCUT2D eigenvalue weighted by Gasteiger charge is -2.23. The van der Waals surface area contributed by atoms with Crippen molar-refractivity contribution in [1.29, 1.82) is 0 Å². The first-order chi connectivity index (χ1) is 11.0. The lowest BCUT2D eigenvalue weighted by molar-refractivity contribution is -0.116. The minimum absolute atomic E-state index is 0.0186. The highest BCUT2D eigenvalue weighted by Crippen LogP contribution is 2.19. The molecule has 1 aliphatic heterocycles. The zero-order valence-corrected chi connectivity index (χ0v) is 14.6. The molecule has 1 amide bonds. The molecule has 1 aromatic rings. The van der Waals surface area contributed by atoms with Gasteiger partial charge < -0.3 is 15.1 Å². The Morgan fingerprint density at radius 2 is 2.17 bits per heavy atom. The number of anilines is 1. The molecule has 0 radical (unpaired) electrons. The average molecular weight is 342 g/mol. The highest BCUT2D eigenvalue weighted by Gasteiger charge is 2.18. The van der Waals surface area contributed by atoms with Crippen molar-refractivity contribution in [3.63, 3.8) is 0 Å². The molecule has 1 aliphatic rings. The van der Waals surface area contributed by atoms with Crippen LogP contribution in [0.4, 0.5) is 10.1 Å². The van der Waals surface area contributed by atoms with E-state index < -0.39 is 5.82 Å². The van der Waals surface area contributed by atoms with E-state index in [0.717, 1.165) is 32.5 Å². The molecule has 0 bridgehead atoms. The molecule has 0 aliphatic carbocycles. The van der Waals surface area contributed by atoms with Crippen LogP contribution in [-0.2, 0) is 4.79 Å². The Labute approximate surface area is 142 Å². The molecule has 1 heterocycles. The fourth-order valence-electron chi connectivity index (χ4n) is 2.94. The summed E-state index contributed by atoms with van der Waals surface area (Å²) in [6.45, 7) is 2.82. The van der Waals surface area contributed by atoms with Crippen molar-refractivity contribution in [1.82, 2.24) is 9.80 Å². The van der Waals surface area contributed by atoms with Crippen LogP contribution in [0.3, 0.4) is 0 Å². The predicted molar refractivity (Wildman–Crippen MR) is 92.4 cm³/mol. The van der Waals surface area contributed by atoms with Crippen molar-refractivity contribution < 1.29 is 9.18 Å². The van der Waals surface area contributed by atoms with Gasteiger partial charge in [0, 0.05) is 24.7 Å². The molecule has 23 heavy (non-hydrogen) atoms. The van der Waals surface area contributed by atoms with Crippen molar-refractivity contribution in [3.8, 4) is 0 Å². The van der Waals surface area contributed by atoms with Gasteiger partial charge in [0.1, 0.15) is 5.82 Å². The van der Waals surface area contributed by atoms with E-state index in [2.05, 4.69) is 29.2 Å². The SMILES string of the molecule is CN(C)[C@H]1CCCN(CCC(=O)Nc2ccc(F)c(Cl)c2)CC1. The van der Waals surface area contributed by atoms with Crippen LogP contribution in [0, 0.1) is 5.82 Å². The minimum Gasteiger partial charge on any atom is -0.326 e. The van der Waals surface area contributed by atoms with E-state index in [1.807, 2.05) is 0 Å². The van der Waals surface area contributed by atoms with Crippen LogP contribution in [0.15, 0.2) is 18.2 Å². The van der Waals surface area contributed by atoms with Crippen LogP contribution in [0.5, 0.6) is 0 Å². The lowest BCUT2D eigenvalue weighted by atomic mass is 10.1. The van der Waals surface area contributed by atoms with E-state index in [0.29, 0.717) is 18.2 Å². The van der Waals surface area contributed by atoms with Crippen LogP contribution in [0.2, 0.25) is 5.02 Å². The van der Waals surface area contributed by atoms with Gasteiger partial charge in [-0.05, 0) is 64.6 Å². The Balaban J connectivity index is 1.76. The zero-order valence-electron chi connectivity index (χ0n) is 13.8. The number of hydrogen-bond acceptors (Lipinski definition) is 3. The van der Waals surface area contributed by atoms with E-state index in [-0.39, 0.29) is 10.9 Å². The number of carbonyl (C=O) groups excluding carboxylic acids is 1. The van der Waals surface area contributed by atoms with Gasteiger partial charge in [-0.15, -0.1) is 0 Å². The number of carbonyl (C=O) groups is 1. The average Bonchev–Trinajstić information content (AvgIpc) is 2.74. The van der Waals surface area contributed by atoms with Crippen molar-refractivity contribution in [2.24, 2.45) is 0 Å². The van der Waals surface area contributed by atoms with Gasteiger partial charge in [0.2, 0.25) is 5.91 Å². The van der Waals surface area contributed by atoms with Crippen LogP contribution in [0.1, 0.15) is 25.7 Å². The van der Waals surface area contributed by atoms with Crippen LogP contribution in [-0.4, -0.2) is 55.5 Å². The van der Waals surface area contributed by atoms with Crippen LogP contribution >= 0.6 is 11.6 Å². The predicted octanol–water partition coefficient (Wildman–Crippen LogP) is 3.22. The third-order valence-corrected chi connectivity index (χ3v) is 4.67. The Morgan fingerprint density at radius 3 is 2.87 bits per heavy atom. The maximum atomic E-state index is 13.1. The quantitative estimate of drug-likeness (QED) is 0.893. The van der Waals surface area contributed by atoms with Gasteiger partial charge in [0.05, 0.1) is 5.02 Å².